The van der Waals surface area contributed by atoms with Gasteiger partial charge < -0.3 is 10.6 Å². The first-order chi connectivity index (χ1) is 16.8. The highest BCUT2D eigenvalue weighted by Crippen LogP contribution is 2.41. The molecule has 0 bridgehead atoms. The highest BCUT2D eigenvalue weighted by atomic mass is 35.5. The number of carbonyl (C=O) groups excluding carboxylic acids is 1. The van der Waals surface area contributed by atoms with Crippen LogP contribution in [0.25, 0.3) is 6.08 Å². The fourth-order valence-electron chi connectivity index (χ4n) is 3.00. The Kier molecular flexibility index (Phi) is 10.2. The van der Waals surface area contributed by atoms with Crippen molar-refractivity contribution in [3.63, 3.8) is 0 Å². The molecule has 202 valence electrons. The number of nitrogens with one attached hydrogen (secondary N) is 2. The van der Waals surface area contributed by atoms with E-state index < -0.39 is 36.3 Å². The van der Waals surface area contributed by atoms with E-state index in [4.69, 9.17) is 58.6 Å². The predicted molar refractivity (Wildman–Crippen MR) is 139 cm³/mol. The van der Waals surface area contributed by atoms with Gasteiger partial charge in [-0.3, -0.25) is 4.79 Å². The Labute approximate surface area is 234 Å². The number of hydrogen-bond acceptors (Lipinski definition) is 2. The maximum absolute atomic E-state index is 13.7. The van der Waals surface area contributed by atoms with Gasteiger partial charge in [0.2, 0.25) is 0 Å². The average Bonchev–Trinajstić information content (AvgIpc) is 2.74. The fraction of sp³-hybridized carbons (Fsp3) is 0.304. The van der Waals surface area contributed by atoms with E-state index in [0.29, 0.717) is 0 Å². The molecular weight excluding hydrogens is 608 g/mol. The van der Waals surface area contributed by atoms with Crippen LogP contribution in [0.1, 0.15) is 41.3 Å². The molecule has 1 atom stereocenters. The second kappa shape index (κ2) is 12.0. The fourth-order valence-corrected chi connectivity index (χ4v) is 4.01. The van der Waals surface area contributed by atoms with Gasteiger partial charge in [0.1, 0.15) is 11.5 Å². The summed E-state index contributed by atoms with van der Waals surface area (Å²) in [4.78, 5) is 12.4. The van der Waals surface area contributed by atoms with Crippen molar-refractivity contribution < 1.29 is 31.1 Å². The number of alkyl halides is 6. The van der Waals surface area contributed by atoms with E-state index in [2.05, 4.69) is 5.32 Å². The first-order valence-corrected chi connectivity index (χ1v) is 12.1. The van der Waals surface area contributed by atoms with Crippen molar-refractivity contribution in [2.75, 3.05) is 6.54 Å². The van der Waals surface area contributed by atoms with Crippen LogP contribution in [0, 0.1) is 0 Å². The van der Waals surface area contributed by atoms with Gasteiger partial charge in [-0.15, -0.1) is 0 Å². The summed E-state index contributed by atoms with van der Waals surface area (Å²) in [5.41, 5.74) is -1.42. The summed E-state index contributed by atoms with van der Waals surface area (Å²) in [5.74, 6) is -2.83. The highest BCUT2D eigenvalue weighted by molar-refractivity contribution is 7.80. The number of thiocarbonyl (C=S) groups is 1. The summed E-state index contributed by atoms with van der Waals surface area (Å²) < 4.78 is 78.5. The number of halogens is 10. The largest absolute Gasteiger partial charge is 0.405 e. The lowest BCUT2D eigenvalue weighted by Crippen LogP contribution is -2.55. The molecule has 0 saturated carbocycles. The molecule has 0 spiro atoms. The van der Waals surface area contributed by atoms with Crippen molar-refractivity contribution in [2.24, 2.45) is 0 Å². The van der Waals surface area contributed by atoms with Crippen molar-refractivity contribution in [1.82, 2.24) is 10.6 Å². The molecule has 0 radical (unpaired) electrons. The van der Waals surface area contributed by atoms with Crippen LogP contribution in [-0.4, -0.2) is 35.3 Å². The summed E-state index contributed by atoms with van der Waals surface area (Å²) in [5, 5.41) is 4.07. The van der Waals surface area contributed by atoms with Gasteiger partial charge in [0.15, 0.2) is 0 Å². The Morgan fingerprint density at radius 1 is 0.973 bits per heavy atom. The Morgan fingerprint density at radius 2 is 1.54 bits per heavy atom. The second-order valence-electron chi connectivity index (χ2n) is 8.29. The first-order valence-electron chi connectivity index (χ1n) is 10.2. The number of allylic oxidation sites excluding steroid dienone is 1. The molecule has 0 fully saturated rings. The Morgan fingerprint density at radius 3 is 2.03 bits per heavy atom. The van der Waals surface area contributed by atoms with E-state index in [1.807, 2.05) is 5.32 Å². The van der Waals surface area contributed by atoms with Gasteiger partial charge in [-0.05, 0) is 49.2 Å². The van der Waals surface area contributed by atoms with Crippen LogP contribution in [-0.2, 0) is 0 Å². The van der Waals surface area contributed by atoms with E-state index in [1.54, 1.807) is 0 Å². The Hall–Kier alpha value is -1.72. The lowest BCUT2D eigenvalue weighted by atomic mass is 9.97. The van der Waals surface area contributed by atoms with Crippen LogP contribution in [0.3, 0.4) is 0 Å². The molecule has 2 aromatic carbocycles. The molecule has 2 N–H and O–H groups in total. The number of carbonyl (C=O) groups is 1. The minimum atomic E-state index is -4.69. The zero-order valence-corrected chi connectivity index (χ0v) is 22.8. The van der Waals surface area contributed by atoms with Crippen molar-refractivity contribution in [3.8, 4) is 0 Å². The van der Waals surface area contributed by atoms with E-state index in [0.717, 1.165) is 24.3 Å². The third kappa shape index (κ3) is 8.92. The second-order valence-corrected chi connectivity index (χ2v) is 10.3. The van der Waals surface area contributed by atoms with E-state index in [-0.39, 0.29) is 41.8 Å². The molecule has 2 rings (SSSR count). The molecule has 0 saturated heterocycles. The molecule has 1 amide bonds. The molecule has 0 aromatic heterocycles. The third-order valence-corrected chi connectivity index (χ3v) is 7.04. The van der Waals surface area contributed by atoms with Crippen LogP contribution < -0.4 is 10.6 Å². The van der Waals surface area contributed by atoms with Gasteiger partial charge in [0, 0.05) is 0 Å². The summed E-state index contributed by atoms with van der Waals surface area (Å²) >= 11 is 28.7. The summed E-state index contributed by atoms with van der Waals surface area (Å²) in [6, 6.07) is 6.00. The zero-order chi connectivity index (χ0) is 28.3. The molecule has 37 heavy (non-hydrogen) atoms. The predicted octanol–water partition coefficient (Wildman–Crippen LogP) is 8.65. The van der Waals surface area contributed by atoms with Crippen LogP contribution >= 0.6 is 58.6 Å². The maximum Gasteiger partial charge on any atom is 0.405 e. The van der Waals surface area contributed by atoms with Crippen LogP contribution in [0.15, 0.2) is 36.4 Å². The van der Waals surface area contributed by atoms with Crippen molar-refractivity contribution in [1.29, 1.82) is 0 Å². The summed E-state index contributed by atoms with van der Waals surface area (Å²) in [6.07, 6.45) is -7.17. The molecule has 14 heteroatoms. The Bertz CT molecular complexity index is 1190. The normalized spacial score (nSPS) is 13.5. The molecule has 1 unspecified atom stereocenters. The van der Waals surface area contributed by atoms with Gasteiger partial charge in [-0.2, -0.15) is 26.3 Å². The molecular formula is C23H18Cl4F6N2OS. The smallest absolute Gasteiger partial charge is 0.369 e. The maximum atomic E-state index is 13.7. The van der Waals surface area contributed by atoms with E-state index in [1.165, 1.54) is 32.0 Å². The van der Waals surface area contributed by atoms with Gasteiger partial charge in [-0.25, -0.2) is 0 Å². The van der Waals surface area contributed by atoms with Crippen molar-refractivity contribution in [3.05, 3.63) is 73.2 Å². The van der Waals surface area contributed by atoms with Crippen LogP contribution in [0.5, 0.6) is 0 Å². The summed E-state index contributed by atoms with van der Waals surface area (Å²) in [7, 11) is 0. The highest BCUT2D eigenvalue weighted by Gasteiger charge is 2.39. The molecule has 0 aliphatic heterocycles. The number of amides is 1. The quantitative estimate of drug-likeness (QED) is 0.184. The van der Waals surface area contributed by atoms with Crippen LogP contribution in [0.4, 0.5) is 26.3 Å². The molecule has 0 aliphatic carbocycles. The van der Waals surface area contributed by atoms with Gasteiger partial charge in [0.25, 0.3) is 5.91 Å². The van der Waals surface area contributed by atoms with Gasteiger partial charge >= 0.3 is 12.4 Å². The number of hydrogen-bond donors (Lipinski definition) is 2. The lowest BCUT2D eigenvalue weighted by molar-refractivity contribution is -0.139. The van der Waals surface area contributed by atoms with E-state index in [9.17, 15) is 31.1 Å². The third-order valence-electron chi connectivity index (χ3n) is 4.88. The standard InChI is InChI=1S/C23H18Cl4F6N2OS/c1-21(2,20(37)34-10-22(28,29)30)35-19(36)13-5-3-11(7-15(13)24)4-6-14(23(31,32)33)12-8-16(25)18(27)17(26)9-12/h3-9,14H,10H2,1-2H3,(H,34,37)(H,35,36)/b6-4+. The minimum Gasteiger partial charge on any atom is -0.369 e. The van der Waals surface area contributed by atoms with Gasteiger partial charge in [-0.1, -0.05) is 76.8 Å². The SMILES string of the molecule is CC(C)(NC(=O)c1ccc(/C=C/C(c2cc(Cl)c(Cl)c(Cl)c2)C(F)(F)F)cc1Cl)C(=S)NCC(F)(F)F. The zero-order valence-electron chi connectivity index (χ0n) is 18.9. The van der Waals surface area contributed by atoms with Crippen molar-refractivity contribution >= 4 is 75.6 Å². The molecule has 0 aliphatic rings. The summed E-state index contributed by atoms with van der Waals surface area (Å²) in [6.45, 7) is 1.42. The molecule has 0 heterocycles. The number of benzene rings is 2. The van der Waals surface area contributed by atoms with Gasteiger partial charge in [0.05, 0.1) is 37.1 Å². The topological polar surface area (TPSA) is 41.1 Å². The molecule has 3 nitrogen and oxygen atoms in total. The molecule has 2 aromatic rings. The lowest BCUT2D eigenvalue weighted by Gasteiger charge is -2.28. The monoisotopic (exact) mass is 624 g/mol. The minimum absolute atomic E-state index is 0.0610. The van der Waals surface area contributed by atoms with Crippen LogP contribution in [0.2, 0.25) is 20.1 Å². The van der Waals surface area contributed by atoms with Crippen molar-refractivity contribution in [2.45, 2.75) is 37.7 Å². The Balaban J connectivity index is 2.24. The first kappa shape index (κ1) is 31.5. The average molecular weight is 626 g/mol. The number of rotatable bonds is 7. The van der Waals surface area contributed by atoms with E-state index >= 15 is 0 Å².